The van der Waals surface area contributed by atoms with E-state index >= 15 is 0 Å². The van der Waals surface area contributed by atoms with Gasteiger partial charge in [-0.2, -0.15) is 0 Å². The predicted octanol–water partition coefficient (Wildman–Crippen LogP) is 1.97. The molecule has 0 saturated carbocycles. The second-order valence-corrected chi connectivity index (χ2v) is 6.75. The summed E-state index contributed by atoms with van der Waals surface area (Å²) in [5.74, 6) is 0.552. The molecule has 2 saturated heterocycles. The topological polar surface area (TPSA) is 55.6 Å². The largest absolute Gasteiger partial charge is 0.381 e. The molecule has 0 radical (unpaired) electrons. The molecule has 0 aromatic heterocycles. The Kier molecular flexibility index (Phi) is 5.28. The third kappa shape index (κ3) is 4.09. The number of amides is 1. The van der Waals surface area contributed by atoms with E-state index in [0.29, 0.717) is 19.1 Å². The van der Waals surface area contributed by atoms with E-state index in [9.17, 15) is 9.18 Å². The lowest BCUT2D eigenvalue weighted by Gasteiger charge is -2.29. The number of nitrogens with zero attached hydrogens (tertiary/aromatic N) is 1. The summed E-state index contributed by atoms with van der Waals surface area (Å²) in [7, 11) is 0. The molecule has 23 heavy (non-hydrogen) atoms. The molecule has 2 aliphatic rings. The quantitative estimate of drug-likeness (QED) is 0.923. The molecule has 1 amide bonds. The zero-order chi connectivity index (χ0) is 16.2. The molecule has 5 heteroatoms. The summed E-state index contributed by atoms with van der Waals surface area (Å²) >= 11 is 0. The fourth-order valence-electron chi connectivity index (χ4n) is 3.64. The van der Waals surface area contributed by atoms with Crippen molar-refractivity contribution in [3.63, 3.8) is 0 Å². The Morgan fingerprint density at radius 3 is 2.65 bits per heavy atom. The number of halogens is 1. The molecule has 2 atom stereocenters. The fraction of sp³-hybridized carbons (Fsp3) is 0.611. The van der Waals surface area contributed by atoms with Crippen molar-refractivity contribution in [2.24, 2.45) is 17.6 Å². The number of rotatable bonds is 4. The standard InChI is InChI=1S/C18H25FN2O2/c19-16-3-1-13(2-4-16)11-14-5-8-21(12-14)18(22)17(20)15-6-9-23-10-7-15/h1-4,14-15,17H,5-12,20H2. The Bertz CT molecular complexity index is 528. The molecular formula is C18H25FN2O2. The molecule has 1 aromatic rings. The SMILES string of the molecule is NC(C(=O)N1CCC(Cc2ccc(F)cc2)C1)C1CCOCC1. The highest BCUT2D eigenvalue weighted by atomic mass is 19.1. The van der Waals surface area contributed by atoms with Crippen molar-refractivity contribution in [3.8, 4) is 0 Å². The number of likely N-dealkylation sites (tertiary alicyclic amines) is 1. The monoisotopic (exact) mass is 320 g/mol. The second kappa shape index (κ2) is 7.41. The molecule has 0 bridgehead atoms. The van der Waals surface area contributed by atoms with Gasteiger partial charge < -0.3 is 15.4 Å². The van der Waals surface area contributed by atoms with Crippen molar-refractivity contribution in [1.82, 2.24) is 4.90 Å². The van der Waals surface area contributed by atoms with Crippen LogP contribution in [0.3, 0.4) is 0 Å². The number of hydrogen-bond donors (Lipinski definition) is 1. The van der Waals surface area contributed by atoms with Gasteiger partial charge in [-0.25, -0.2) is 4.39 Å². The van der Waals surface area contributed by atoms with E-state index in [4.69, 9.17) is 10.5 Å². The number of benzene rings is 1. The Hall–Kier alpha value is -1.46. The third-order valence-electron chi connectivity index (χ3n) is 5.09. The van der Waals surface area contributed by atoms with Crippen molar-refractivity contribution in [1.29, 1.82) is 0 Å². The van der Waals surface area contributed by atoms with E-state index in [0.717, 1.165) is 44.3 Å². The normalized spacial score (nSPS) is 23.9. The van der Waals surface area contributed by atoms with Crippen LogP contribution < -0.4 is 5.73 Å². The number of ether oxygens (including phenoxy) is 1. The smallest absolute Gasteiger partial charge is 0.239 e. The minimum absolute atomic E-state index is 0.0820. The summed E-state index contributed by atoms with van der Waals surface area (Å²) < 4.78 is 18.3. The predicted molar refractivity (Wildman–Crippen MR) is 86.3 cm³/mol. The van der Waals surface area contributed by atoms with E-state index in [1.54, 1.807) is 0 Å². The van der Waals surface area contributed by atoms with Crippen LogP contribution in [0.15, 0.2) is 24.3 Å². The summed E-state index contributed by atoms with van der Waals surface area (Å²) in [6.07, 6.45) is 3.62. The molecule has 0 spiro atoms. The van der Waals surface area contributed by atoms with E-state index in [1.807, 2.05) is 17.0 Å². The fourth-order valence-corrected chi connectivity index (χ4v) is 3.64. The van der Waals surface area contributed by atoms with Gasteiger partial charge in [-0.1, -0.05) is 12.1 Å². The summed E-state index contributed by atoms with van der Waals surface area (Å²) in [4.78, 5) is 14.5. The summed E-state index contributed by atoms with van der Waals surface area (Å²) in [6.45, 7) is 2.95. The van der Waals surface area contributed by atoms with Gasteiger partial charge in [0.2, 0.25) is 5.91 Å². The second-order valence-electron chi connectivity index (χ2n) is 6.75. The maximum absolute atomic E-state index is 13.0. The highest BCUT2D eigenvalue weighted by Crippen LogP contribution is 2.24. The van der Waals surface area contributed by atoms with Crippen LogP contribution in [0.25, 0.3) is 0 Å². The number of carbonyl (C=O) groups is 1. The highest BCUT2D eigenvalue weighted by Gasteiger charge is 2.33. The van der Waals surface area contributed by atoms with Crippen molar-refractivity contribution < 1.29 is 13.9 Å². The van der Waals surface area contributed by atoms with Crippen LogP contribution in [-0.4, -0.2) is 43.2 Å². The van der Waals surface area contributed by atoms with Crippen molar-refractivity contribution in [2.75, 3.05) is 26.3 Å². The lowest BCUT2D eigenvalue weighted by Crippen LogP contribution is -2.48. The van der Waals surface area contributed by atoms with Crippen LogP contribution in [0.5, 0.6) is 0 Å². The number of hydrogen-bond acceptors (Lipinski definition) is 3. The van der Waals surface area contributed by atoms with E-state index in [2.05, 4.69) is 0 Å². The van der Waals surface area contributed by atoms with Gasteiger partial charge in [0.05, 0.1) is 6.04 Å². The highest BCUT2D eigenvalue weighted by molar-refractivity contribution is 5.82. The molecule has 3 rings (SSSR count). The van der Waals surface area contributed by atoms with Gasteiger partial charge in [-0.15, -0.1) is 0 Å². The van der Waals surface area contributed by atoms with Crippen molar-refractivity contribution in [3.05, 3.63) is 35.6 Å². The van der Waals surface area contributed by atoms with Gasteiger partial charge in [-0.05, 0) is 55.2 Å². The number of carbonyl (C=O) groups excluding carboxylic acids is 1. The first-order valence-corrected chi connectivity index (χ1v) is 8.50. The molecular weight excluding hydrogens is 295 g/mol. The van der Waals surface area contributed by atoms with Crippen molar-refractivity contribution in [2.45, 2.75) is 31.7 Å². The molecule has 0 aliphatic carbocycles. The van der Waals surface area contributed by atoms with Crippen LogP contribution in [-0.2, 0) is 16.0 Å². The lowest BCUT2D eigenvalue weighted by molar-refractivity contribution is -0.133. The first-order valence-electron chi connectivity index (χ1n) is 8.50. The molecule has 2 N–H and O–H groups in total. The minimum Gasteiger partial charge on any atom is -0.381 e. The molecule has 2 heterocycles. The summed E-state index contributed by atoms with van der Waals surface area (Å²) in [5.41, 5.74) is 7.32. The minimum atomic E-state index is -0.400. The zero-order valence-electron chi connectivity index (χ0n) is 13.4. The zero-order valence-corrected chi connectivity index (χ0v) is 13.4. The van der Waals surface area contributed by atoms with Gasteiger partial charge >= 0.3 is 0 Å². The molecule has 2 unspecified atom stereocenters. The van der Waals surface area contributed by atoms with Crippen LogP contribution in [0.4, 0.5) is 4.39 Å². The molecule has 2 fully saturated rings. The van der Waals surface area contributed by atoms with Crippen LogP contribution in [0, 0.1) is 17.7 Å². The maximum Gasteiger partial charge on any atom is 0.239 e. The van der Waals surface area contributed by atoms with E-state index in [-0.39, 0.29) is 17.6 Å². The third-order valence-corrected chi connectivity index (χ3v) is 5.09. The van der Waals surface area contributed by atoms with Crippen LogP contribution >= 0.6 is 0 Å². The van der Waals surface area contributed by atoms with Gasteiger partial charge in [-0.3, -0.25) is 4.79 Å². The first-order chi connectivity index (χ1) is 11.1. The average Bonchev–Trinajstić information content (AvgIpc) is 3.05. The Morgan fingerprint density at radius 1 is 1.26 bits per heavy atom. The first kappa shape index (κ1) is 16.4. The van der Waals surface area contributed by atoms with Crippen LogP contribution in [0.1, 0.15) is 24.8 Å². The maximum atomic E-state index is 13.0. The van der Waals surface area contributed by atoms with Gasteiger partial charge in [0.25, 0.3) is 0 Å². The molecule has 4 nitrogen and oxygen atoms in total. The van der Waals surface area contributed by atoms with Gasteiger partial charge in [0, 0.05) is 26.3 Å². The van der Waals surface area contributed by atoms with E-state index < -0.39 is 6.04 Å². The Morgan fingerprint density at radius 2 is 1.96 bits per heavy atom. The van der Waals surface area contributed by atoms with Gasteiger partial charge in [0.1, 0.15) is 5.82 Å². The summed E-state index contributed by atoms with van der Waals surface area (Å²) in [6, 6.07) is 6.24. The Labute approximate surface area is 136 Å². The lowest BCUT2D eigenvalue weighted by atomic mass is 9.91. The average molecular weight is 320 g/mol. The molecule has 1 aromatic carbocycles. The number of nitrogens with two attached hydrogens (primary N) is 1. The summed E-state index contributed by atoms with van der Waals surface area (Å²) in [5, 5.41) is 0. The van der Waals surface area contributed by atoms with E-state index in [1.165, 1.54) is 12.1 Å². The molecule has 126 valence electrons. The van der Waals surface area contributed by atoms with Crippen molar-refractivity contribution >= 4 is 5.91 Å². The molecule has 2 aliphatic heterocycles. The van der Waals surface area contributed by atoms with Gasteiger partial charge in [0.15, 0.2) is 0 Å². The van der Waals surface area contributed by atoms with Crippen LogP contribution in [0.2, 0.25) is 0 Å². The Balaban J connectivity index is 1.52.